The third-order valence-corrected chi connectivity index (χ3v) is 4.17. The predicted molar refractivity (Wildman–Crippen MR) is 95.7 cm³/mol. The van der Waals surface area contributed by atoms with Crippen LogP contribution >= 0.6 is 15.9 Å². The molecule has 128 valence electrons. The topological polar surface area (TPSA) is 56.8 Å². The zero-order valence-corrected chi connectivity index (χ0v) is 15.4. The fourth-order valence-electron chi connectivity index (χ4n) is 2.20. The molecule has 1 N–H and O–H groups in total. The van der Waals surface area contributed by atoms with Crippen LogP contribution in [0, 0.1) is 0 Å². The van der Waals surface area contributed by atoms with Crippen molar-refractivity contribution in [3.63, 3.8) is 0 Å². The maximum absolute atomic E-state index is 12.1. The Hall–Kier alpha value is -2.21. The van der Waals surface area contributed by atoms with Crippen LogP contribution in [-0.2, 0) is 4.79 Å². The number of benzene rings is 2. The molecule has 1 atom stereocenters. The molecule has 0 radical (unpaired) electrons. The van der Waals surface area contributed by atoms with Crippen molar-refractivity contribution in [3.05, 3.63) is 52.5 Å². The summed E-state index contributed by atoms with van der Waals surface area (Å²) in [4.78, 5) is 12.1. The van der Waals surface area contributed by atoms with Crippen molar-refractivity contribution in [3.8, 4) is 17.2 Å². The fraction of sp³-hybridized carbons (Fsp3) is 0.278. The molecule has 0 fully saturated rings. The first-order chi connectivity index (χ1) is 11.5. The van der Waals surface area contributed by atoms with E-state index in [1.807, 2.05) is 31.2 Å². The molecular formula is C18H20BrNO4. The van der Waals surface area contributed by atoms with Gasteiger partial charge in [0.2, 0.25) is 0 Å². The molecule has 2 aromatic carbocycles. The quantitative estimate of drug-likeness (QED) is 0.778. The van der Waals surface area contributed by atoms with E-state index >= 15 is 0 Å². The highest BCUT2D eigenvalue weighted by Crippen LogP contribution is 2.27. The van der Waals surface area contributed by atoms with Gasteiger partial charge >= 0.3 is 0 Å². The van der Waals surface area contributed by atoms with E-state index in [2.05, 4.69) is 21.2 Å². The number of carbonyl (C=O) groups excluding carboxylic acids is 1. The SMILES string of the molecule is COc1cc(OC)cc(OCC(=O)N[C@@H](C)c2ccccc2Br)c1. The van der Waals surface area contributed by atoms with Gasteiger partial charge in [0, 0.05) is 22.7 Å². The van der Waals surface area contributed by atoms with Crippen molar-refractivity contribution in [1.82, 2.24) is 5.32 Å². The summed E-state index contributed by atoms with van der Waals surface area (Å²) in [6.45, 7) is 1.83. The average molecular weight is 394 g/mol. The predicted octanol–water partition coefficient (Wildman–Crippen LogP) is 3.72. The number of carbonyl (C=O) groups is 1. The highest BCUT2D eigenvalue weighted by atomic mass is 79.9. The lowest BCUT2D eigenvalue weighted by Crippen LogP contribution is -2.31. The number of rotatable bonds is 7. The van der Waals surface area contributed by atoms with Gasteiger partial charge in [0.15, 0.2) is 6.61 Å². The minimum atomic E-state index is -0.208. The van der Waals surface area contributed by atoms with E-state index < -0.39 is 0 Å². The maximum Gasteiger partial charge on any atom is 0.258 e. The Labute approximate surface area is 150 Å². The van der Waals surface area contributed by atoms with Crippen molar-refractivity contribution in [2.24, 2.45) is 0 Å². The van der Waals surface area contributed by atoms with Crippen LogP contribution < -0.4 is 19.5 Å². The first-order valence-electron chi connectivity index (χ1n) is 7.43. The monoisotopic (exact) mass is 393 g/mol. The Kier molecular flexibility index (Phi) is 6.49. The summed E-state index contributed by atoms with van der Waals surface area (Å²) in [5.74, 6) is 1.51. The lowest BCUT2D eigenvalue weighted by atomic mass is 10.1. The molecule has 0 aliphatic rings. The second kappa shape index (κ2) is 8.59. The summed E-state index contributed by atoms with van der Waals surface area (Å²) in [7, 11) is 3.12. The summed E-state index contributed by atoms with van der Waals surface area (Å²) < 4.78 is 16.8. The van der Waals surface area contributed by atoms with Gasteiger partial charge in [-0.2, -0.15) is 0 Å². The van der Waals surface area contributed by atoms with E-state index in [0.29, 0.717) is 17.2 Å². The van der Waals surface area contributed by atoms with Crippen LogP contribution in [0.4, 0.5) is 0 Å². The molecule has 0 aliphatic heterocycles. The summed E-state index contributed by atoms with van der Waals surface area (Å²) >= 11 is 3.48. The fourth-order valence-corrected chi connectivity index (χ4v) is 2.83. The Morgan fingerprint density at radius 1 is 1.08 bits per heavy atom. The minimum absolute atomic E-state index is 0.0921. The van der Waals surface area contributed by atoms with Crippen molar-refractivity contribution in [2.75, 3.05) is 20.8 Å². The molecule has 0 saturated heterocycles. The van der Waals surface area contributed by atoms with E-state index in [1.165, 1.54) is 0 Å². The van der Waals surface area contributed by atoms with E-state index in [1.54, 1.807) is 32.4 Å². The number of nitrogens with one attached hydrogen (secondary N) is 1. The number of halogens is 1. The molecular weight excluding hydrogens is 374 g/mol. The van der Waals surface area contributed by atoms with Gasteiger partial charge in [-0.25, -0.2) is 0 Å². The second-order valence-corrected chi connectivity index (χ2v) is 6.00. The molecule has 0 aromatic heterocycles. The zero-order valence-electron chi connectivity index (χ0n) is 13.8. The standard InChI is InChI=1S/C18H20BrNO4/c1-12(16-6-4-5-7-17(16)19)20-18(21)11-24-15-9-13(22-2)8-14(10-15)23-3/h4-10,12H,11H2,1-3H3,(H,20,21)/t12-/m0/s1. The number of methoxy groups -OCH3 is 2. The van der Waals surface area contributed by atoms with Gasteiger partial charge in [0.05, 0.1) is 20.3 Å². The molecule has 0 bridgehead atoms. The third-order valence-electron chi connectivity index (χ3n) is 3.44. The molecule has 5 nitrogen and oxygen atoms in total. The number of amides is 1. The summed E-state index contributed by atoms with van der Waals surface area (Å²) in [5.41, 5.74) is 1.01. The molecule has 24 heavy (non-hydrogen) atoms. The largest absolute Gasteiger partial charge is 0.496 e. The summed E-state index contributed by atoms with van der Waals surface area (Å²) in [6, 6.07) is 12.8. The van der Waals surface area contributed by atoms with Crippen LogP contribution in [0.25, 0.3) is 0 Å². The molecule has 0 spiro atoms. The van der Waals surface area contributed by atoms with E-state index in [0.717, 1.165) is 10.0 Å². The molecule has 0 saturated carbocycles. The minimum Gasteiger partial charge on any atom is -0.496 e. The first-order valence-corrected chi connectivity index (χ1v) is 8.22. The third kappa shape index (κ3) is 4.89. The highest BCUT2D eigenvalue weighted by molar-refractivity contribution is 9.10. The number of ether oxygens (including phenoxy) is 3. The number of hydrogen-bond donors (Lipinski definition) is 1. The summed E-state index contributed by atoms with van der Waals surface area (Å²) in [6.07, 6.45) is 0. The van der Waals surface area contributed by atoms with Crippen molar-refractivity contribution in [2.45, 2.75) is 13.0 Å². The van der Waals surface area contributed by atoms with E-state index in [-0.39, 0.29) is 18.6 Å². The Morgan fingerprint density at radius 3 is 2.25 bits per heavy atom. The molecule has 0 aliphatic carbocycles. The van der Waals surface area contributed by atoms with E-state index in [4.69, 9.17) is 14.2 Å². The van der Waals surface area contributed by atoms with Gasteiger partial charge in [-0.3, -0.25) is 4.79 Å². The van der Waals surface area contributed by atoms with E-state index in [9.17, 15) is 4.79 Å². The van der Waals surface area contributed by atoms with Crippen LogP contribution in [0.3, 0.4) is 0 Å². The van der Waals surface area contributed by atoms with Gasteiger partial charge in [-0.1, -0.05) is 34.1 Å². The van der Waals surface area contributed by atoms with Crippen LogP contribution in [0.15, 0.2) is 46.9 Å². The first kappa shape index (κ1) is 18.1. The Morgan fingerprint density at radius 2 is 1.67 bits per heavy atom. The van der Waals surface area contributed by atoms with Crippen LogP contribution in [0.5, 0.6) is 17.2 Å². The Bertz CT molecular complexity index is 683. The van der Waals surface area contributed by atoms with Crippen LogP contribution in [0.2, 0.25) is 0 Å². The van der Waals surface area contributed by atoms with Gasteiger partial charge < -0.3 is 19.5 Å². The number of hydrogen-bond acceptors (Lipinski definition) is 4. The zero-order chi connectivity index (χ0) is 17.5. The molecule has 2 aromatic rings. The normalized spacial score (nSPS) is 11.5. The van der Waals surface area contributed by atoms with Crippen molar-refractivity contribution < 1.29 is 19.0 Å². The molecule has 6 heteroatoms. The van der Waals surface area contributed by atoms with Crippen molar-refractivity contribution in [1.29, 1.82) is 0 Å². The lowest BCUT2D eigenvalue weighted by molar-refractivity contribution is -0.123. The molecule has 2 rings (SSSR count). The van der Waals surface area contributed by atoms with Crippen LogP contribution in [-0.4, -0.2) is 26.7 Å². The average Bonchev–Trinajstić information content (AvgIpc) is 2.59. The van der Waals surface area contributed by atoms with Gasteiger partial charge in [-0.05, 0) is 18.6 Å². The van der Waals surface area contributed by atoms with Gasteiger partial charge in [0.25, 0.3) is 5.91 Å². The highest BCUT2D eigenvalue weighted by Gasteiger charge is 2.13. The van der Waals surface area contributed by atoms with Crippen LogP contribution in [0.1, 0.15) is 18.5 Å². The molecule has 0 unspecified atom stereocenters. The van der Waals surface area contributed by atoms with Gasteiger partial charge in [-0.15, -0.1) is 0 Å². The smallest absolute Gasteiger partial charge is 0.258 e. The molecule has 0 heterocycles. The maximum atomic E-state index is 12.1. The summed E-state index contributed by atoms with van der Waals surface area (Å²) in [5, 5.41) is 2.91. The molecule has 1 amide bonds. The van der Waals surface area contributed by atoms with Gasteiger partial charge in [0.1, 0.15) is 17.2 Å². The van der Waals surface area contributed by atoms with Crippen molar-refractivity contribution >= 4 is 21.8 Å². The lowest BCUT2D eigenvalue weighted by Gasteiger charge is -2.16. The second-order valence-electron chi connectivity index (χ2n) is 5.15. The Balaban J connectivity index is 1.95.